The number of morpholine rings is 1. The molecule has 0 saturated carbocycles. The van der Waals surface area contributed by atoms with Gasteiger partial charge < -0.3 is 15.0 Å². The number of alkyl halides is 3. The lowest BCUT2D eigenvalue weighted by Crippen LogP contribution is -2.48. The molecule has 0 aromatic heterocycles. The first-order chi connectivity index (χ1) is 13.7. The Balaban J connectivity index is 1.60. The van der Waals surface area contributed by atoms with E-state index in [4.69, 9.17) is 4.74 Å². The topological polar surface area (TPSA) is 40.1 Å². The summed E-state index contributed by atoms with van der Waals surface area (Å²) in [5.41, 5.74) is -0.427. The van der Waals surface area contributed by atoms with Gasteiger partial charge in [-0.3, -0.25) is 9.89 Å². The highest BCUT2D eigenvalue weighted by Crippen LogP contribution is 2.32. The fraction of sp³-hybridized carbons (Fsp3) is 0.667. The van der Waals surface area contributed by atoms with Crippen LogP contribution in [0.1, 0.15) is 31.4 Å². The van der Waals surface area contributed by atoms with Crippen molar-refractivity contribution in [2.75, 3.05) is 53.0 Å². The summed E-state index contributed by atoms with van der Waals surface area (Å²) in [6.45, 7) is 9.73. The van der Waals surface area contributed by atoms with E-state index in [0.29, 0.717) is 18.2 Å². The van der Waals surface area contributed by atoms with Gasteiger partial charge in [0, 0.05) is 51.2 Å². The maximum atomic E-state index is 13.1. The minimum atomic E-state index is -4.33. The second-order valence-corrected chi connectivity index (χ2v) is 8.40. The quantitative estimate of drug-likeness (QED) is 0.610. The van der Waals surface area contributed by atoms with Crippen LogP contribution in [0, 0.1) is 0 Å². The number of halogens is 3. The summed E-state index contributed by atoms with van der Waals surface area (Å²) in [6.07, 6.45) is -3.25. The van der Waals surface area contributed by atoms with Gasteiger partial charge in [-0.25, -0.2) is 0 Å². The van der Waals surface area contributed by atoms with Crippen LogP contribution in [0.15, 0.2) is 29.3 Å². The van der Waals surface area contributed by atoms with E-state index >= 15 is 0 Å². The lowest BCUT2D eigenvalue weighted by molar-refractivity contribution is -0.137. The number of nitrogens with one attached hydrogen (secondary N) is 1. The lowest BCUT2D eigenvalue weighted by Gasteiger charge is -2.33. The zero-order valence-corrected chi connectivity index (χ0v) is 17.4. The van der Waals surface area contributed by atoms with Gasteiger partial charge >= 0.3 is 6.18 Å². The number of hydrogen-bond donors (Lipinski definition) is 1. The van der Waals surface area contributed by atoms with Gasteiger partial charge in [0.1, 0.15) is 0 Å². The molecule has 29 heavy (non-hydrogen) atoms. The second-order valence-electron chi connectivity index (χ2n) is 8.40. The van der Waals surface area contributed by atoms with Crippen molar-refractivity contribution < 1.29 is 17.9 Å². The van der Waals surface area contributed by atoms with Crippen LogP contribution in [-0.2, 0) is 16.3 Å². The molecule has 0 amide bonds. The smallest absolute Gasteiger partial charge is 0.379 e. The van der Waals surface area contributed by atoms with E-state index in [9.17, 15) is 13.2 Å². The van der Waals surface area contributed by atoms with Crippen molar-refractivity contribution >= 4 is 5.96 Å². The Bertz CT molecular complexity index is 714. The Morgan fingerprint density at radius 2 is 1.86 bits per heavy atom. The van der Waals surface area contributed by atoms with Crippen molar-refractivity contribution in [3.8, 4) is 0 Å². The monoisotopic (exact) mass is 412 g/mol. The molecule has 8 heteroatoms. The van der Waals surface area contributed by atoms with Crippen molar-refractivity contribution in [3.05, 3.63) is 35.4 Å². The first kappa shape index (κ1) is 21.9. The molecule has 1 aromatic rings. The van der Waals surface area contributed by atoms with E-state index < -0.39 is 17.2 Å². The van der Waals surface area contributed by atoms with Gasteiger partial charge in [-0.05, 0) is 18.1 Å². The number of aliphatic imine (C=N–C) groups is 1. The Labute approximate surface area is 170 Å². The minimum Gasteiger partial charge on any atom is -0.379 e. The third kappa shape index (κ3) is 5.42. The Hall–Kier alpha value is -1.80. The van der Waals surface area contributed by atoms with Crippen LogP contribution >= 0.6 is 0 Å². The summed E-state index contributed by atoms with van der Waals surface area (Å²) >= 11 is 0. The number of hydrogen-bond acceptors (Lipinski definition) is 3. The molecule has 1 unspecified atom stereocenters. The van der Waals surface area contributed by atoms with E-state index in [-0.39, 0.29) is 0 Å². The highest BCUT2D eigenvalue weighted by molar-refractivity contribution is 5.80. The van der Waals surface area contributed by atoms with Crippen LogP contribution < -0.4 is 5.32 Å². The molecule has 3 rings (SSSR count). The maximum Gasteiger partial charge on any atom is 0.416 e. The van der Waals surface area contributed by atoms with Gasteiger partial charge in [-0.1, -0.05) is 32.0 Å². The second kappa shape index (κ2) is 8.92. The van der Waals surface area contributed by atoms with Crippen LogP contribution in [0.4, 0.5) is 13.2 Å². The zero-order valence-electron chi connectivity index (χ0n) is 17.4. The lowest BCUT2D eigenvalue weighted by atomic mass is 9.84. The van der Waals surface area contributed by atoms with Crippen molar-refractivity contribution in [1.29, 1.82) is 0 Å². The van der Waals surface area contributed by atoms with Gasteiger partial charge in [0.25, 0.3) is 0 Å². The molecule has 1 N–H and O–H groups in total. The summed E-state index contributed by atoms with van der Waals surface area (Å²) in [5, 5.41) is 3.38. The molecule has 2 heterocycles. The summed E-state index contributed by atoms with van der Waals surface area (Å²) in [5.74, 6) is 0.806. The number of nitrogens with zero attached hydrogens (tertiary/aromatic N) is 3. The highest BCUT2D eigenvalue weighted by Gasteiger charge is 2.33. The van der Waals surface area contributed by atoms with Crippen LogP contribution in [0.3, 0.4) is 0 Å². The molecule has 0 aliphatic carbocycles. The molecular formula is C21H31F3N4O. The molecule has 2 fully saturated rings. The fourth-order valence-electron chi connectivity index (χ4n) is 4.03. The molecule has 5 nitrogen and oxygen atoms in total. The first-order valence-corrected chi connectivity index (χ1v) is 10.2. The summed E-state index contributed by atoms with van der Waals surface area (Å²) < 4.78 is 44.6. The van der Waals surface area contributed by atoms with Crippen molar-refractivity contribution in [1.82, 2.24) is 15.1 Å². The summed E-state index contributed by atoms with van der Waals surface area (Å²) in [6, 6.07) is 6.08. The van der Waals surface area contributed by atoms with Gasteiger partial charge in [-0.15, -0.1) is 0 Å². The molecule has 1 aromatic carbocycles. The predicted octanol–water partition coefficient (Wildman–Crippen LogP) is 2.96. The molecule has 0 bridgehead atoms. The number of likely N-dealkylation sites (tertiary alicyclic amines) is 1. The van der Waals surface area contributed by atoms with E-state index in [1.165, 1.54) is 12.1 Å². The largest absolute Gasteiger partial charge is 0.416 e. The molecule has 1 atom stereocenters. The molecule has 2 aliphatic heterocycles. The van der Waals surface area contributed by atoms with Crippen molar-refractivity contribution in [2.24, 2.45) is 4.99 Å². The molecule has 0 radical (unpaired) electrons. The fourth-order valence-corrected chi connectivity index (χ4v) is 4.03. The van der Waals surface area contributed by atoms with Crippen molar-refractivity contribution in [2.45, 2.75) is 37.9 Å². The van der Waals surface area contributed by atoms with E-state index in [1.807, 2.05) is 13.8 Å². The van der Waals surface area contributed by atoms with Gasteiger partial charge in [-0.2, -0.15) is 13.2 Å². The number of guanidine groups is 1. The van der Waals surface area contributed by atoms with E-state index in [2.05, 4.69) is 20.1 Å². The Morgan fingerprint density at radius 1 is 1.17 bits per heavy atom. The van der Waals surface area contributed by atoms with E-state index in [0.717, 1.165) is 57.8 Å². The van der Waals surface area contributed by atoms with Gasteiger partial charge in [0.2, 0.25) is 0 Å². The highest BCUT2D eigenvalue weighted by atomic mass is 19.4. The third-order valence-electron chi connectivity index (χ3n) is 5.90. The average molecular weight is 413 g/mol. The normalized spacial score (nSPS) is 22.2. The maximum absolute atomic E-state index is 13.1. The average Bonchev–Trinajstić information content (AvgIpc) is 3.19. The molecular weight excluding hydrogens is 381 g/mol. The minimum absolute atomic E-state index is 0.472. The number of benzene rings is 1. The number of ether oxygens (including phenoxy) is 1. The third-order valence-corrected chi connectivity index (χ3v) is 5.90. The molecule has 2 saturated heterocycles. The summed E-state index contributed by atoms with van der Waals surface area (Å²) in [4.78, 5) is 9.13. The first-order valence-electron chi connectivity index (χ1n) is 10.2. The van der Waals surface area contributed by atoms with E-state index in [1.54, 1.807) is 13.1 Å². The number of rotatable bonds is 4. The SMILES string of the molecule is CN=C(NCC(C)(C)c1cccc(C(F)(F)F)c1)N1CCC(N2CCOCC2)C1. The van der Waals surface area contributed by atoms with Gasteiger partial charge in [0.05, 0.1) is 18.8 Å². The van der Waals surface area contributed by atoms with Crippen LogP contribution in [0.5, 0.6) is 0 Å². The van der Waals surface area contributed by atoms with Crippen LogP contribution in [0.2, 0.25) is 0 Å². The van der Waals surface area contributed by atoms with Crippen LogP contribution in [0.25, 0.3) is 0 Å². The predicted molar refractivity (Wildman–Crippen MR) is 108 cm³/mol. The molecule has 162 valence electrons. The van der Waals surface area contributed by atoms with Crippen molar-refractivity contribution in [3.63, 3.8) is 0 Å². The van der Waals surface area contributed by atoms with Gasteiger partial charge in [0.15, 0.2) is 5.96 Å². The standard InChI is InChI=1S/C21H31F3N4O/c1-20(2,16-5-4-6-17(13-16)21(22,23)24)15-26-19(25-3)28-8-7-18(14-28)27-9-11-29-12-10-27/h4-6,13,18H,7-12,14-15H2,1-3H3,(H,25,26). The molecule has 0 spiro atoms. The molecule has 2 aliphatic rings. The summed E-state index contributed by atoms with van der Waals surface area (Å²) in [7, 11) is 1.75. The zero-order chi connectivity index (χ0) is 21.1. The Morgan fingerprint density at radius 3 is 2.52 bits per heavy atom. The Kier molecular flexibility index (Phi) is 6.73. The van der Waals surface area contributed by atoms with Crippen LogP contribution in [-0.4, -0.2) is 74.8 Å².